The molecule has 1 aromatic heterocycles. The molecule has 3 nitrogen and oxygen atoms in total. The van der Waals surface area contributed by atoms with Crippen molar-refractivity contribution in [2.75, 3.05) is 0 Å². The summed E-state index contributed by atoms with van der Waals surface area (Å²) in [7, 11) is 1.94. The van der Waals surface area contributed by atoms with E-state index in [1.54, 1.807) is 0 Å². The van der Waals surface area contributed by atoms with Crippen molar-refractivity contribution in [3.63, 3.8) is 0 Å². The molecule has 2 unspecified atom stereocenters. The van der Waals surface area contributed by atoms with Gasteiger partial charge in [-0.1, -0.05) is 33.1 Å². The summed E-state index contributed by atoms with van der Waals surface area (Å²) in [5.41, 5.74) is 2.08. The van der Waals surface area contributed by atoms with E-state index in [0.29, 0.717) is 12.3 Å². The molecule has 18 heavy (non-hydrogen) atoms. The first-order valence-corrected chi connectivity index (χ1v) is 7.66. The lowest BCUT2D eigenvalue weighted by molar-refractivity contribution is 0.0967. The minimum atomic E-state index is -0.271. The Morgan fingerprint density at radius 1 is 1.39 bits per heavy atom. The van der Waals surface area contributed by atoms with Crippen LogP contribution in [0.5, 0.6) is 0 Å². The maximum absolute atomic E-state index is 10.4. The number of aromatic nitrogens is 2. The maximum Gasteiger partial charge on any atom is 0.0738 e. The molecule has 1 heterocycles. The first kappa shape index (κ1) is 15.7. The number of hydrogen-bond acceptors (Lipinski definition) is 2. The van der Waals surface area contributed by atoms with Crippen LogP contribution in [0.2, 0.25) is 0 Å². The van der Waals surface area contributed by atoms with E-state index in [0.717, 1.165) is 28.7 Å². The van der Waals surface area contributed by atoms with E-state index in [-0.39, 0.29) is 6.10 Å². The quantitative estimate of drug-likeness (QED) is 0.834. The fourth-order valence-corrected chi connectivity index (χ4v) is 2.90. The van der Waals surface area contributed by atoms with Gasteiger partial charge in [0.05, 0.1) is 22.0 Å². The highest BCUT2D eigenvalue weighted by Crippen LogP contribution is 2.25. The van der Waals surface area contributed by atoms with Gasteiger partial charge in [-0.2, -0.15) is 5.10 Å². The first-order chi connectivity index (χ1) is 8.51. The number of rotatable bonds is 7. The van der Waals surface area contributed by atoms with E-state index in [1.165, 1.54) is 12.8 Å². The lowest BCUT2D eigenvalue weighted by Crippen LogP contribution is -2.23. The van der Waals surface area contributed by atoms with Gasteiger partial charge in [0.15, 0.2) is 0 Å². The van der Waals surface area contributed by atoms with Crippen molar-refractivity contribution in [1.82, 2.24) is 9.78 Å². The zero-order valence-corrected chi connectivity index (χ0v) is 13.5. The Hall–Kier alpha value is -0.350. The van der Waals surface area contributed by atoms with Gasteiger partial charge in [-0.3, -0.25) is 4.68 Å². The van der Waals surface area contributed by atoms with Crippen LogP contribution in [0.15, 0.2) is 4.47 Å². The van der Waals surface area contributed by atoms with Gasteiger partial charge in [-0.05, 0) is 35.2 Å². The highest BCUT2D eigenvalue weighted by molar-refractivity contribution is 9.10. The van der Waals surface area contributed by atoms with Crippen LogP contribution in [-0.4, -0.2) is 21.0 Å². The second-order valence-electron chi connectivity index (χ2n) is 5.05. The van der Waals surface area contributed by atoms with E-state index < -0.39 is 0 Å². The van der Waals surface area contributed by atoms with E-state index >= 15 is 0 Å². The van der Waals surface area contributed by atoms with Gasteiger partial charge < -0.3 is 5.11 Å². The summed E-state index contributed by atoms with van der Waals surface area (Å²) < 4.78 is 2.91. The molecule has 0 saturated heterocycles. The highest BCUT2D eigenvalue weighted by atomic mass is 79.9. The van der Waals surface area contributed by atoms with Gasteiger partial charge in [0, 0.05) is 13.5 Å². The zero-order chi connectivity index (χ0) is 13.7. The van der Waals surface area contributed by atoms with Crippen molar-refractivity contribution < 1.29 is 5.11 Å². The van der Waals surface area contributed by atoms with Crippen LogP contribution >= 0.6 is 15.9 Å². The number of aryl methyl sites for hydroxylation is 2. The second kappa shape index (κ2) is 7.29. The molecule has 0 saturated carbocycles. The van der Waals surface area contributed by atoms with Crippen molar-refractivity contribution in [3.05, 3.63) is 15.9 Å². The van der Waals surface area contributed by atoms with Crippen molar-refractivity contribution >= 4 is 15.9 Å². The van der Waals surface area contributed by atoms with Gasteiger partial charge in [0.1, 0.15) is 0 Å². The molecule has 2 atom stereocenters. The topological polar surface area (TPSA) is 38.1 Å². The van der Waals surface area contributed by atoms with Gasteiger partial charge >= 0.3 is 0 Å². The molecule has 0 aliphatic heterocycles. The third-order valence-electron chi connectivity index (χ3n) is 3.66. The van der Waals surface area contributed by atoms with Gasteiger partial charge in [-0.15, -0.1) is 0 Å². The molecular formula is C14H25BrN2O. The van der Waals surface area contributed by atoms with Gasteiger partial charge in [0.25, 0.3) is 0 Å². The van der Waals surface area contributed by atoms with E-state index in [4.69, 9.17) is 0 Å². The van der Waals surface area contributed by atoms with Crippen molar-refractivity contribution in [3.8, 4) is 0 Å². The molecule has 0 radical (unpaired) electrons. The molecule has 0 amide bonds. The van der Waals surface area contributed by atoms with Crippen LogP contribution in [0.4, 0.5) is 0 Å². The average Bonchev–Trinajstić information content (AvgIpc) is 2.57. The summed E-state index contributed by atoms with van der Waals surface area (Å²) >= 11 is 3.56. The number of unbranched alkanes of at least 4 members (excludes halogenated alkanes) is 1. The van der Waals surface area contributed by atoms with Gasteiger partial charge in [-0.25, -0.2) is 0 Å². The molecule has 104 valence electrons. The summed E-state index contributed by atoms with van der Waals surface area (Å²) in [6, 6.07) is 0. The maximum atomic E-state index is 10.4. The van der Waals surface area contributed by atoms with Crippen molar-refractivity contribution in [2.45, 2.75) is 59.0 Å². The highest BCUT2D eigenvalue weighted by Gasteiger charge is 2.21. The third kappa shape index (κ3) is 3.82. The minimum Gasteiger partial charge on any atom is -0.392 e. The third-order valence-corrected chi connectivity index (χ3v) is 4.69. The molecule has 0 aliphatic rings. The normalized spacial score (nSPS) is 14.8. The lowest BCUT2D eigenvalue weighted by atomic mass is 9.91. The molecule has 1 rings (SSSR count). The Kier molecular flexibility index (Phi) is 6.36. The number of nitrogens with zero attached hydrogens (tertiary/aromatic N) is 2. The zero-order valence-electron chi connectivity index (χ0n) is 11.9. The van der Waals surface area contributed by atoms with Crippen LogP contribution in [-0.2, 0) is 13.5 Å². The molecule has 0 bridgehead atoms. The van der Waals surface area contributed by atoms with Gasteiger partial charge in [0.2, 0.25) is 0 Å². The average molecular weight is 317 g/mol. The summed E-state index contributed by atoms with van der Waals surface area (Å²) in [5, 5.41) is 14.8. The number of aliphatic hydroxyl groups is 1. The van der Waals surface area contributed by atoms with Crippen molar-refractivity contribution in [1.29, 1.82) is 0 Å². The molecular weight excluding hydrogens is 292 g/mol. The molecule has 1 aromatic rings. The number of halogens is 1. The van der Waals surface area contributed by atoms with Crippen LogP contribution in [0.3, 0.4) is 0 Å². The lowest BCUT2D eigenvalue weighted by Gasteiger charge is -2.21. The summed E-state index contributed by atoms with van der Waals surface area (Å²) in [6.07, 6.45) is 4.95. The number of aliphatic hydroxyl groups excluding tert-OH is 1. The van der Waals surface area contributed by atoms with Crippen LogP contribution in [0.25, 0.3) is 0 Å². The predicted octanol–water partition coefficient (Wildman–Crippen LogP) is 3.61. The van der Waals surface area contributed by atoms with Crippen LogP contribution < -0.4 is 0 Å². The monoisotopic (exact) mass is 316 g/mol. The van der Waals surface area contributed by atoms with E-state index in [9.17, 15) is 5.11 Å². The summed E-state index contributed by atoms with van der Waals surface area (Å²) in [4.78, 5) is 0. The molecule has 4 heteroatoms. The van der Waals surface area contributed by atoms with Crippen molar-refractivity contribution in [2.24, 2.45) is 13.0 Å². The fraction of sp³-hybridized carbons (Fsp3) is 0.786. The van der Waals surface area contributed by atoms with E-state index in [1.807, 2.05) is 18.7 Å². The predicted molar refractivity (Wildman–Crippen MR) is 78.7 cm³/mol. The summed E-state index contributed by atoms with van der Waals surface area (Å²) in [5.74, 6) is 0.395. The van der Waals surface area contributed by atoms with Crippen LogP contribution in [0.1, 0.15) is 50.9 Å². The molecule has 1 N–H and O–H groups in total. The molecule has 0 fully saturated rings. The minimum absolute atomic E-state index is 0.271. The van der Waals surface area contributed by atoms with Crippen LogP contribution in [0, 0.1) is 12.8 Å². The Bertz CT molecular complexity index is 376. The largest absolute Gasteiger partial charge is 0.392 e. The SMILES string of the molecule is CCCCC(CC)C(O)Cc1c(Br)c(C)nn1C. The number of hydrogen-bond donors (Lipinski definition) is 1. The fourth-order valence-electron chi connectivity index (χ4n) is 2.40. The molecule has 0 aromatic carbocycles. The molecule has 0 aliphatic carbocycles. The Morgan fingerprint density at radius 2 is 2.06 bits per heavy atom. The Morgan fingerprint density at radius 3 is 2.50 bits per heavy atom. The first-order valence-electron chi connectivity index (χ1n) is 6.87. The van der Waals surface area contributed by atoms with E-state index in [2.05, 4.69) is 34.9 Å². The summed E-state index contributed by atoms with van der Waals surface area (Å²) in [6.45, 7) is 6.33. The standard InChI is InChI=1S/C14H25BrN2O/c1-5-7-8-11(6-2)13(18)9-12-14(15)10(3)16-17(12)4/h11,13,18H,5-9H2,1-4H3. The Balaban J connectivity index is 2.70. The molecule has 0 spiro atoms. The second-order valence-corrected chi connectivity index (χ2v) is 5.84. The smallest absolute Gasteiger partial charge is 0.0738 e. The Labute approximate surface area is 119 Å².